The topological polar surface area (TPSA) is 150 Å². The molecule has 0 saturated heterocycles. The standard InChI is InChI=1S/C37H50F2N4O7S/c1-37(2,3)34(31-20-26(28-21-27(38)12-13-29(28)39)23-42(31)22-25-10-8-7-9-11-25)43(32(45)24-44)17-15-30(35(48)40-16-14-33(46)47)41-36(49)50-18-19-51(4,5)6/h7-13,20-21,23,30,34,44H,14-19,22,24H2,1-6H3,(H,40,48)(H,41,49)(H,46,47)/t30-,34-/m0/s1. The van der Waals surface area contributed by atoms with E-state index in [1.807, 2.05) is 55.7 Å². The lowest BCUT2D eigenvalue weighted by Crippen LogP contribution is -2.50. The van der Waals surface area contributed by atoms with Crippen LogP contribution in [0.25, 0.3) is 11.1 Å². The Bertz CT molecular complexity index is 1650. The van der Waals surface area contributed by atoms with Gasteiger partial charge in [-0.15, -0.1) is 0 Å². The predicted octanol–water partition coefficient (Wildman–Crippen LogP) is 5.16. The van der Waals surface area contributed by atoms with Crippen molar-refractivity contribution in [3.63, 3.8) is 0 Å². The lowest BCUT2D eigenvalue weighted by Gasteiger charge is -2.41. The van der Waals surface area contributed by atoms with Crippen LogP contribution in [-0.2, 0) is 25.7 Å². The average molecular weight is 733 g/mol. The summed E-state index contributed by atoms with van der Waals surface area (Å²) in [6, 6.07) is 12.3. The van der Waals surface area contributed by atoms with Gasteiger partial charge in [-0.2, -0.15) is 0 Å². The molecule has 3 amide bonds. The van der Waals surface area contributed by atoms with Crippen molar-refractivity contribution in [3.05, 3.63) is 83.7 Å². The zero-order valence-electron chi connectivity index (χ0n) is 30.1. The van der Waals surface area contributed by atoms with Gasteiger partial charge in [0.25, 0.3) is 0 Å². The SMILES string of the molecule is CC(C)(C)[C@H](c1cc(-c2cc(F)ccc2F)cn1Cc1ccccc1)N(CC[C@H](NC(=O)OCCS(C)(C)C)C(=O)NCCC(=O)O)C(=O)CO. The van der Waals surface area contributed by atoms with Crippen LogP contribution >= 0.6 is 10.0 Å². The highest BCUT2D eigenvalue weighted by Gasteiger charge is 2.38. The smallest absolute Gasteiger partial charge is 0.407 e. The number of aromatic nitrogens is 1. The fraction of sp³-hybridized carbons (Fsp3) is 0.459. The van der Waals surface area contributed by atoms with Crippen molar-refractivity contribution < 1.29 is 42.9 Å². The molecule has 2 aromatic carbocycles. The second kappa shape index (κ2) is 18.2. The van der Waals surface area contributed by atoms with E-state index in [0.29, 0.717) is 23.6 Å². The molecule has 0 aliphatic heterocycles. The molecule has 0 saturated carbocycles. The molecular formula is C37H50F2N4O7S. The lowest BCUT2D eigenvalue weighted by atomic mass is 9.82. The highest BCUT2D eigenvalue weighted by molar-refractivity contribution is 8.32. The Morgan fingerprint density at radius 1 is 1.02 bits per heavy atom. The third-order valence-electron chi connectivity index (χ3n) is 8.07. The van der Waals surface area contributed by atoms with E-state index in [2.05, 4.69) is 29.4 Å². The number of nitrogens with zero attached hydrogens (tertiary/aromatic N) is 2. The largest absolute Gasteiger partial charge is 0.481 e. The first kappa shape index (κ1) is 41.0. The van der Waals surface area contributed by atoms with Gasteiger partial charge in [0.1, 0.15) is 30.9 Å². The van der Waals surface area contributed by atoms with Crippen LogP contribution in [0.4, 0.5) is 13.6 Å². The fourth-order valence-electron chi connectivity index (χ4n) is 5.62. The lowest BCUT2D eigenvalue weighted by molar-refractivity contribution is -0.140. The summed E-state index contributed by atoms with van der Waals surface area (Å²) in [6.07, 6.45) is 6.59. The Morgan fingerprint density at radius 3 is 2.31 bits per heavy atom. The van der Waals surface area contributed by atoms with Crippen LogP contribution in [0.3, 0.4) is 0 Å². The molecule has 2 atom stereocenters. The van der Waals surface area contributed by atoms with E-state index in [0.717, 1.165) is 23.8 Å². The van der Waals surface area contributed by atoms with E-state index in [4.69, 9.17) is 9.84 Å². The Balaban J connectivity index is 2.04. The van der Waals surface area contributed by atoms with Gasteiger partial charge < -0.3 is 35.1 Å². The number of halogens is 2. The molecule has 14 heteroatoms. The van der Waals surface area contributed by atoms with Gasteiger partial charge in [0, 0.05) is 48.4 Å². The zero-order valence-corrected chi connectivity index (χ0v) is 30.9. The molecule has 51 heavy (non-hydrogen) atoms. The summed E-state index contributed by atoms with van der Waals surface area (Å²) in [5.41, 5.74) is 1.16. The molecule has 1 aromatic heterocycles. The maximum Gasteiger partial charge on any atom is 0.407 e. The molecule has 280 valence electrons. The molecule has 0 unspecified atom stereocenters. The van der Waals surface area contributed by atoms with E-state index in [1.165, 1.54) is 4.90 Å². The normalized spacial score (nSPS) is 13.2. The number of ether oxygens (including phenoxy) is 1. The van der Waals surface area contributed by atoms with Gasteiger partial charge in [-0.25, -0.2) is 23.6 Å². The summed E-state index contributed by atoms with van der Waals surface area (Å²) in [5.74, 6) is -3.06. The van der Waals surface area contributed by atoms with Gasteiger partial charge in [-0.1, -0.05) is 51.1 Å². The third kappa shape index (κ3) is 12.7. The number of carboxylic acids is 1. The number of carboxylic acid groups (broad SMARTS) is 1. The minimum atomic E-state index is -1.23. The molecule has 0 bridgehead atoms. The summed E-state index contributed by atoms with van der Waals surface area (Å²) in [6.45, 7) is 4.93. The second-order valence-electron chi connectivity index (χ2n) is 14.3. The number of alkyl carbamates (subject to hydrolysis) is 1. The number of carbonyl (C=O) groups excluding carboxylic acids is 3. The first-order valence-electron chi connectivity index (χ1n) is 16.6. The Hall–Kier alpha value is -4.43. The van der Waals surface area contributed by atoms with Crippen molar-refractivity contribution in [1.29, 1.82) is 0 Å². The molecule has 3 rings (SSSR count). The minimum absolute atomic E-state index is 0.0321. The van der Waals surface area contributed by atoms with Crippen LogP contribution in [0, 0.1) is 17.0 Å². The zero-order chi connectivity index (χ0) is 37.9. The van der Waals surface area contributed by atoms with Crippen molar-refractivity contribution in [3.8, 4) is 11.1 Å². The van der Waals surface area contributed by atoms with Crippen molar-refractivity contribution in [2.24, 2.45) is 5.41 Å². The van der Waals surface area contributed by atoms with E-state index >= 15 is 4.39 Å². The van der Waals surface area contributed by atoms with Crippen molar-refractivity contribution in [2.45, 2.75) is 52.2 Å². The van der Waals surface area contributed by atoms with E-state index in [1.54, 1.807) is 12.3 Å². The van der Waals surface area contributed by atoms with E-state index in [-0.39, 0.29) is 38.1 Å². The number of hydrogen-bond donors (Lipinski definition) is 4. The summed E-state index contributed by atoms with van der Waals surface area (Å²) in [4.78, 5) is 52.1. The molecule has 0 radical (unpaired) electrons. The third-order valence-corrected chi connectivity index (χ3v) is 9.46. The molecule has 0 aliphatic rings. The van der Waals surface area contributed by atoms with Gasteiger partial charge >= 0.3 is 12.1 Å². The number of carbonyl (C=O) groups is 4. The monoisotopic (exact) mass is 732 g/mol. The molecule has 0 spiro atoms. The van der Waals surface area contributed by atoms with Crippen LogP contribution in [0.2, 0.25) is 0 Å². The Kier molecular flexibility index (Phi) is 14.6. The van der Waals surface area contributed by atoms with Crippen LogP contribution in [0.1, 0.15) is 50.9 Å². The predicted molar refractivity (Wildman–Crippen MR) is 195 cm³/mol. The summed E-state index contributed by atoms with van der Waals surface area (Å²) < 4.78 is 36.6. The minimum Gasteiger partial charge on any atom is -0.481 e. The first-order valence-corrected chi connectivity index (χ1v) is 19.6. The number of benzene rings is 2. The van der Waals surface area contributed by atoms with Crippen molar-refractivity contribution in [2.75, 3.05) is 50.8 Å². The molecule has 1 heterocycles. The number of rotatable bonds is 17. The van der Waals surface area contributed by atoms with Gasteiger partial charge in [0.15, 0.2) is 0 Å². The number of amides is 3. The number of hydrogen-bond acceptors (Lipinski definition) is 6. The van der Waals surface area contributed by atoms with Crippen molar-refractivity contribution in [1.82, 2.24) is 20.1 Å². The first-order chi connectivity index (χ1) is 23.9. The van der Waals surface area contributed by atoms with Crippen LogP contribution in [-0.4, -0.2) is 100 Å². The van der Waals surface area contributed by atoms with E-state index in [9.17, 15) is 28.7 Å². The molecular weight excluding hydrogens is 682 g/mol. The fourth-order valence-corrected chi connectivity index (χ4v) is 6.20. The molecule has 0 fully saturated rings. The summed E-state index contributed by atoms with van der Waals surface area (Å²) in [7, 11) is -0.962. The van der Waals surface area contributed by atoms with Gasteiger partial charge in [-0.3, -0.25) is 14.4 Å². The quantitative estimate of drug-likeness (QED) is 0.150. The second-order valence-corrected chi connectivity index (χ2v) is 18.8. The highest BCUT2D eigenvalue weighted by atomic mass is 32.3. The maximum absolute atomic E-state index is 15.1. The van der Waals surface area contributed by atoms with Crippen LogP contribution in [0.15, 0.2) is 60.8 Å². The Labute approximate surface area is 299 Å². The van der Waals surface area contributed by atoms with E-state index < -0.39 is 69.6 Å². The summed E-state index contributed by atoms with van der Waals surface area (Å²) >= 11 is 0. The van der Waals surface area contributed by atoms with Crippen LogP contribution < -0.4 is 10.6 Å². The average Bonchev–Trinajstić information content (AvgIpc) is 3.44. The summed E-state index contributed by atoms with van der Waals surface area (Å²) in [5, 5.41) is 24.3. The molecule has 3 aromatic rings. The number of aliphatic hydroxyl groups excluding tert-OH is 1. The molecule has 11 nitrogen and oxygen atoms in total. The maximum atomic E-state index is 15.1. The van der Waals surface area contributed by atoms with Crippen LogP contribution in [0.5, 0.6) is 0 Å². The number of aliphatic carboxylic acids is 1. The van der Waals surface area contributed by atoms with Crippen molar-refractivity contribution >= 4 is 33.9 Å². The number of aliphatic hydroxyl groups is 1. The van der Waals surface area contributed by atoms with Gasteiger partial charge in [-0.05, 0) is 60.4 Å². The highest BCUT2D eigenvalue weighted by Crippen LogP contribution is 2.41. The molecule has 0 aliphatic carbocycles. The Morgan fingerprint density at radius 2 is 1.71 bits per heavy atom. The van der Waals surface area contributed by atoms with Gasteiger partial charge in [0.05, 0.1) is 12.5 Å². The van der Waals surface area contributed by atoms with Gasteiger partial charge in [0.2, 0.25) is 11.8 Å². The molecule has 4 N–H and O–H groups in total. The number of nitrogens with one attached hydrogen (secondary N) is 2.